The molecule has 1 atom stereocenters. The maximum Gasteiger partial charge on any atom is 0.293 e. The zero-order chi connectivity index (χ0) is 21.7. The molecule has 0 aliphatic carbocycles. The molecule has 0 aliphatic rings. The summed E-state index contributed by atoms with van der Waals surface area (Å²) in [5, 5.41) is 17.9. The number of nitro benzene ring substituents is 1. The van der Waals surface area contributed by atoms with E-state index >= 15 is 0 Å². The average Bonchev–Trinajstić information content (AvgIpc) is 2.73. The third-order valence-electron chi connectivity index (χ3n) is 4.41. The van der Waals surface area contributed by atoms with E-state index in [1.165, 1.54) is 12.1 Å². The van der Waals surface area contributed by atoms with E-state index < -0.39 is 10.8 Å². The molecule has 9 heteroatoms. The maximum absolute atomic E-state index is 12.5. The van der Waals surface area contributed by atoms with Crippen molar-refractivity contribution in [2.75, 3.05) is 5.32 Å². The molecule has 0 radical (unpaired) electrons. The van der Waals surface area contributed by atoms with Gasteiger partial charge < -0.3 is 10.6 Å². The third kappa shape index (κ3) is 5.34. The van der Waals surface area contributed by atoms with Crippen LogP contribution in [-0.2, 0) is 6.54 Å². The highest BCUT2D eigenvalue weighted by Crippen LogP contribution is 2.29. The highest BCUT2D eigenvalue weighted by molar-refractivity contribution is 9.10. The summed E-state index contributed by atoms with van der Waals surface area (Å²) >= 11 is 9.49. The van der Waals surface area contributed by atoms with Crippen molar-refractivity contribution in [1.82, 2.24) is 10.3 Å². The van der Waals surface area contributed by atoms with Crippen LogP contribution in [0.1, 0.15) is 34.6 Å². The van der Waals surface area contributed by atoms with Crippen molar-refractivity contribution in [3.63, 3.8) is 0 Å². The average molecular weight is 490 g/mol. The van der Waals surface area contributed by atoms with Crippen molar-refractivity contribution in [3.05, 3.63) is 97.2 Å². The lowest BCUT2D eigenvalue weighted by molar-refractivity contribution is -0.384. The standard InChI is InChI=1S/C21H18BrClN4O3/c1-13(18-4-2-3-9-24-18)26-19-8-6-14(10-20(19)27(29)30)21(28)25-12-15-5-7-16(22)11-17(15)23/h2-11,13,26H,12H2,1H3,(H,25,28). The fourth-order valence-electron chi connectivity index (χ4n) is 2.83. The summed E-state index contributed by atoms with van der Waals surface area (Å²) in [6.45, 7) is 2.06. The van der Waals surface area contributed by atoms with Gasteiger partial charge in [-0.05, 0) is 48.9 Å². The van der Waals surface area contributed by atoms with Crippen LogP contribution in [0.4, 0.5) is 11.4 Å². The number of hydrogen-bond donors (Lipinski definition) is 2. The van der Waals surface area contributed by atoms with Gasteiger partial charge in [0.2, 0.25) is 0 Å². The van der Waals surface area contributed by atoms with Crippen LogP contribution in [0.2, 0.25) is 5.02 Å². The number of nitrogens with zero attached hydrogens (tertiary/aromatic N) is 2. The van der Waals surface area contributed by atoms with Crippen molar-refractivity contribution in [1.29, 1.82) is 0 Å². The molecule has 0 fully saturated rings. The number of hydrogen-bond acceptors (Lipinski definition) is 5. The van der Waals surface area contributed by atoms with E-state index in [4.69, 9.17) is 11.6 Å². The van der Waals surface area contributed by atoms with Crippen LogP contribution in [0.25, 0.3) is 0 Å². The van der Waals surface area contributed by atoms with Crippen molar-refractivity contribution < 1.29 is 9.72 Å². The molecule has 1 unspecified atom stereocenters. The Kier molecular flexibility index (Phi) is 7.02. The number of amides is 1. The number of benzene rings is 2. The summed E-state index contributed by atoms with van der Waals surface area (Å²) < 4.78 is 0.834. The van der Waals surface area contributed by atoms with Gasteiger partial charge in [0.1, 0.15) is 5.69 Å². The van der Waals surface area contributed by atoms with Crippen LogP contribution in [0.3, 0.4) is 0 Å². The molecule has 0 bridgehead atoms. The van der Waals surface area contributed by atoms with Gasteiger partial charge in [0.05, 0.1) is 16.7 Å². The molecule has 0 aliphatic heterocycles. The molecular weight excluding hydrogens is 472 g/mol. The number of rotatable bonds is 7. The van der Waals surface area contributed by atoms with Crippen LogP contribution in [0.15, 0.2) is 65.3 Å². The molecule has 0 spiro atoms. The number of carbonyl (C=O) groups is 1. The van der Waals surface area contributed by atoms with E-state index in [0.717, 1.165) is 15.7 Å². The minimum atomic E-state index is -0.518. The van der Waals surface area contributed by atoms with E-state index in [1.54, 1.807) is 30.5 Å². The van der Waals surface area contributed by atoms with Gasteiger partial charge in [-0.2, -0.15) is 0 Å². The molecule has 0 saturated carbocycles. The van der Waals surface area contributed by atoms with Gasteiger partial charge >= 0.3 is 0 Å². The Hall–Kier alpha value is -2.97. The Labute approximate surface area is 186 Å². The quantitative estimate of drug-likeness (QED) is 0.337. The minimum Gasteiger partial charge on any atom is -0.371 e. The van der Waals surface area contributed by atoms with Crippen molar-refractivity contribution in [3.8, 4) is 0 Å². The second-order valence-corrected chi connectivity index (χ2v) is 7.85. The molecule has 2 aromatic carbocycles. The fraction of sp³-hybridized carbons (Fsp3) is 0.143. The summed E-state index contributed by atoms with van der Waals surface area (Å²) in [7, 11) is 0. The zero-order valence-corrected chi connectivity index (χ0v) is 18.3. The first-order valence-corrected chi connectivity index (χ1v) is 10.2. The number of nitro groups is 1. The molecule has 0 saturated heterocycles. The van der Waals surface area contributed by atoms with Gasteiger partial charge in [-0.3, -0.25) is 19.9 Å². The lowest BCUT2D eigenvalue weighted by Gasteiger charge is -2.15. The predicted octanol–water partition coefficient (Wildman–Crippen LogP) is 5.51. The number of anilines is 1. The van der Waals surface area contributed by atoms with Crippen LogP contribution >= 0.6 is 27.5 Å². The monoisotopic (exact) mass is 488 g/mol. The molecule has 2 N–H and O–H groups in total. The minimum absolute atomic E-state index is 0.186. The van der Waals surface area contributed by atoms with Crippen molar-refractivity contribution in [2.24, 2.45) is 0 Å². The molecule has 1 heterocycles. The molecule has 1 amide bonds. The van der Waals surface area contributed by atoms with Gasteiger partial charge in [-0.1, -0.05) is 39.7 Å². The Bertz CT molecular complexity index is 1080. The molecule has 3 aromatic rings. The SMILES string of the molecule is CC(Nc1ccc(C(=O)NCc2ccc(Br)cc2Cl)cc1[N+](=O)[O-])c1ccccn1. The first-order chi connectivity index (χ1) is 14.3. The van der Waals surface area contributed by atoms with E-state index in [-0.39, 0.29) is 23.8 Å². The summed E-state index contributed by atoms with van der Waals surface area (Å²) in [6, 6.07) is 14.9. The lowest BCUT2D eigenvalue weighted by Crippen LogP contribution is -2.23. The zero-order valence-electron chi connectivity index (χ0n) is 15.9. The third-order valence-corrected chi connectivity index (χ3v) is 5.26. The molecule has 1 aromatic heterocycles. The Balaban J connectivity index is 1.75. The number of aromatic nitrogens is 1. The first-order valence-electron chi connectivity index (χ1n) is 9.03. The van der Waals surface area contributed by atoms with E-state index in [2.05, 4.69) is 31.5 Å². The molecule has 3 rings (SSSR count). The molecule has 30 heavy (non-hydrogen) atoms. The molecule has 154 valence electrons. The van der Waals surface area contributed by atoms with Gasteiger partial charge in [0, 0.05) is 33.9 Å². The number of halogens is 2. The van der Waals surface area contributed by atoms with Gasteiger partial charge in [-0.25, -0.2) is 0 Å². The highest BCUT2D eigenvalue weighted by atomic mass is 79.9. The van der Waals surface area contributed by atoms with Crippen LogP contribution in [-0.4, -0.2) is 15.8 Å². The summed E-state index contributed by atoms with van der Waals surface area (Å²) in [5.74, 6) is -0.429. The summed E-state index contributed by atoms with van der Waals surface area (Å²) in [4.78, 5) is 27.8. The second-order valence-electron chi connectivity index (χ2n) is 6.53. The first kappa shape index (κ1) is 21.7. The van der Waals surface area contributed by atoms with Gasteiger partial charge in [0.25, 0.3) is 11.6 Å². The Morgan fingerprint density at radius 3 is 2.70 bits per heavy atom. The smallest absolute Gasteiger partial charge is 0.293 e. The largest absolute Gasteiger partial charge is 0.371 e. The fourth-order valence-corrected chi connectivity index (χ4v) is 3.57. The number of pyridine rings is 1. The molecular formula is C21H18BrClN4O3. The number of nitrogens with one attached hydrogen (secondary N) is 2. The Morgan fingerprint density at radius 2 is 2.03 bits per heavy atom. The topological polar surface area (TPSA) is 97.2 Å². The maximum atomic E-state index is 12.5. The van der Waals surface area contributed by atoms with Crippen molar-refractivity contribution in [2.45, 2.75) is 19.5 Å². The second kappa shape index (κ2) is 9.69. The molecule has 7 nitrogen and oxygen atoms in total. The van der Waals surface area contributed by atoms with Crippen molar-refractivity contribution >= 4 is 44.8 Å². The van der Waals surface area contributed by atoms with Gasteiger partial charge in [-0.15, -0.1) is 0 Å². The summed E-state index contributed by atoms with van der Waals surface area (Å²) in [5.41, 5.74) is 1.80. The van der Waals surface area contributed by atoms with Crippen LogP contribution < -0.4 is 10.6 Å². The van der Waals surface area contributed by atoms with Crippen LogP contribution in [0.5, 0.6) is 0 Å². The van der Waals surface area contributed by atoms with E-state index in [0.29, 0.717) is 10.7 Å². The predicted molar refractivity (Wildman–Crippen MR) is 120 cm³/mol. The number of carbonyl (C=O) groups excluding carboxylic acids is 1. The highest BCUT2D eigenvalue weighted by Gasteiger charge is 2.20. The van der Waals surface area contributed by atoms with Gasteiger partial charge in [0.15, 0.2) is 0 Å². The normalized spacial score (nSPS) is 11.6. The summed E-state index contributed by atoms with van der Waals surface area (Å²) in [6.07, 6.45) is 1.66. The van der Waals surface area contributed by atoms with E-state index in [1.807, 2.05) is 25.1 Å². The lowest BCUT2D eigenvalue weighted by atomic mass is 10.1. The van der Waals surface area contributed by atoms with E-state index in [9.17, 15) is 14.9 Å². The Morgan fingerprint density at radius 1 is 1.23 bits per heavy atom. The van der Waals surface area contributed by atoms with Crippen LogP contribution in [0, 0.1) is 10.1 Å².